The average Bonchev–Trinajstić information content (AvgIpc) is 3.43. The molecule has 1 aromatic heterocycles. The van der Waals surface area contributed by atoms with Gasteiger partial charge >= 0.3 is 0 Å². The predicted octanol–water partition coefficient (Wildman–Crippen LogP) is 4.51. The number of hydrogen-bond donors (Lipinski definition) is 1. The number of amides is 3. The summed E-state index contributed by atoms with van der Waals surface area (Å²) in [5, 5.41) is 4.76. The molecule has 36 heavy (non-hydrogen) atoms. The van der Waals surface area contributed by atoms with Crippen LogP contribution < -0.4 is 10.2 Å². The predicted molar refractivity (Wildman–Crippen MR) is 145 cm³/mol. The smallest absolute Gasteiger partial charge is 0.264 e. The zero-order valence-corrected chi connectivity index (χ0v) is 21.8. The molecule has 2 aromatic carbocycles. The van der Waals surface area contributed by atoms with Crippen molar-refractivity contribution in [2.45, 2.75) is 26.8 Å². The van der Waals surface area contributed by atoms with Crippen LogP contribution in [0.4, 0.5) is 11.4 Å². The van der Waals surface area contributed by atoms with E-state index in [-0.39, 0.29) is 30.3 Å². The SMILES string of the molecule is Cc1ccc(C(=O)N2CCN(c3ccc(NC(=O)CN(C(=O)c4cccs4)C(C)C)cc3)CC2)cc1. The lowest BCUT2D eigenvalue weighted by molar-refractivity contribution is -0.117. The Hall–Kier alpha value is -3.65. The summed E-state index contributed by atoms with van der Waals surface area (Å²) in [5.74, 6) is -0.296. The molecule has 0 atom stereocenters. The van der Waals surface area contributed by atoms with Crippen molar-refractivity contribution in [1.82, 2.24) is 9.80 Å². The van der Waals surface area contributed by atoms with Crippen molar-refractivity contribution in [2.24, 2.45) is 0 Å². The van der Waals surface area contributed by atoms with Crippen LogP contribution in [-0.4, -0.2) is 66.3 Å². The van der Waals surface area contributed by atoms with Gasteiger partial charge in [-0.25, -0.2) is 0 Å². The second-order valence-corrected chi connectivity index (χ2v) is 10.2. The van der Waals surface area contributed by atoms with Crippen LogP contribution in [0.15, 0.2) is 66.0 Å². The summed E-state index contributed by atoms with van der Waals surface area (Å²) >= 11 is 1.37. The highest BCUT2D eigenvalue weighted by Gasteiger charge is 2.24. The topological polar surface area (TPSA) is 73.0 Å². The fraction of sp³-hybridized carbons (Fsp3) is 0.321. The number of carbonyl (C=O) groups excluding carboxylic acids is 3. The molecule has 1 fully saturated rings. The van der Waals surface area contributed by atoms with Crippen LogP contribution in [0.1, 0.15) is 39.4 Å². The van der Waals surface area contributed by atoms with Gasteiger partial charge in [0, 0.05) is 49.2 Å². The second kappa shape index (κ2) is 11.4. The van der Waals surface area contributed by atoms with E-state index in [9.17, 15) is 14.4 Å². The monoisotopic (exact) mass is 504 g/mol. The number of hydrogen-bond acceptors (Lipinski definition) is 5. The summed E-state index contributed by atoms with van der Waals surface area (Å²) in [6.45, 7) is 8.63. The van der Waals surface area contributed by atoms with E-state index in [2.05, 4.69) is 10.2 Å². The first-order chi connectivity index (χ1) is 17.3. The molecule has 3 aromatic rings. The van der Waals surface area contributed by atoms with E-state index < -0.39 is 0 Å². The Balaban J connectivity index is 1.29. The highest BCUT2D eigenvalue weighted by atomic mass is 32.1. The Morgan fingerprint density at radius 3 is 2.19 bits per heavy atom. The van der Waals surface area contributed by atoms with Crippen molar-refractivity contribution >= 4 is 40.4 Å². The highest BCUT2D eigenvalue weighted by Crippen LogP contribution is 2.21. The molecular formula is C28H32N4O3S. The molecule has 1 aliphatic rings. The van der Waals surface area contributed by atoms with Gasteiger partial charge in [0.2, 0.25) is 5.91 Å². The van der Waals surface area contributed by atoms with E-state index in [1.165, 1.54) is 11.3 Å². The van der Waals surface area contributed by atoms with E-state index in [0.717, 1.165) is 29.9 Å². The van der Waals surface area contributed by atoms with Gasteiger partial charge in [0.25, 0.3) is 11.8 Å². The summed E-state index contributed by atoms with van der Waals surface area (Å²) in [6, 6.07) is 18.9. The molecule has 0 aliphatic carbocycles. The highest BCUT2D eigenvalue weighted by molar-refractivity contribution is 7.12. The first-order valence-electron chi connectivity index (χ1n) is 12.2. The van der Waals surface area contributed by atoms with Crippen LogP contribution >= 0.6 is 11.3 Å². The minimum Gasteiger partial charge on any atom is -0.368 e. The van der Waals surface area contributed by atoms with Crippen LogP contribution in [0.25, 0.3) is 0 Å². The van der Waals surface area contributed by atoms with Crippen LogP contribution in [-0.2, 0) is 4.79 Å². The van der Waals surface area contributed by atoms with Gasteiger partial charge in [-0.2, -0.15) is 0 Å². The molecule has 0 unspecified atom stereocenters. The van der Waals surface area contributed by atoms with Crippen molar-refractivity contribution in [3.63, 3.8) is 0 Å². The second-order valence-electron chi connectivity index (χ2n) is 9.24. The third kappa shape index (κ3) is 6.12. The summed E-state index contributed by atoms with van der Waals surface area (Å²) in [7, 11) is 0. The lowest BCUT2D eigenvalue weighted by Gasteiger charge is -2.36. The van der Waals surface area contributed by atoms with Crippen molar-refractivity contribution in [2.75, 3.05) is 42.9 Å². The van der Waals surface area contributed by atoms with E-state index >= 15 is 0 Å². The molecule has 4 rings (SSSR count). The number of carbonyl (C=O) groups is 3. The largest absolute Gasteiger partial charge is 0.368 e. The summed E-state index contributed by atoms with van der Waals surface area (Å²) in [5.41, 5.74) is 3.60. The molecule has 0 saturated carbocycles. The Bertz CT molecular complexity index is 1180. The van der Waals surface area contributed by atoms with Gasteiger partial charge in [0.05, 0.1) is 4.88 Å². The third-order valence-electron chi connectivity index (χ3n) is 6.31. The summed E-state index contributed by atoms with van der Waals surface area (Å²) in [4.78, 5) is 44.5. The number of rotatable bonds is 7. The van der Waals surface area contributed by atoms with Crippen LogP contribution in [0.2, 0.25) is 0 Å². The molecule has 1 saturated heterocycles. The normalized spacial score (nSPS) is 13.6. The number of anilines is 2. The van der Waals surface area contributed by atoms with Crippen molar-refractivity contribution in [3.05, 3.63) is 82.0 Å². The fourth-order valence-corrected chi connectivity index (χ4v) is 4.87. The van der Waals surface area contributed by atoms with Gasteiger partial charge in [-0.05, 0) is 68.6 Å². The van der Waals surface area contributed by atoms with Crippen molar-refractivity contribution in [1.29, 1.82) is 0 Å². The number of thiophene rings is 1. The Labute approximate surface area is 216 Å². The first-order valence-corrected chi connectivity index (χ1v) is 13.0. The van der Waals surface area contributed by atoms with E-state index in [1.54, 1.807) is 11.0 Å². The molecule has 2 heterocycles. The van der Waals surface area contributed by atoms with Crippen LogP contribution in [0.5, 0.6) is 0 Å². The Kier molecular flexibility index (Phi) is 8.05. The number of aryl methyl sites for hydroxylation is 1. The maximum Gasteiger partial charge on any atom is 0.264 e. The van der Waals surface area contributed by atoms with Gasteiger partial charge < -0.3 is 20.0 Å². The van der Waals surface area contributed by atoms with E-state index in [4.69, 9.17) is 0 Å². The lowest BCUT2D eigenvalue weighted by Crippen LogP contribution is -2.48. The van der Waals surface area contributed by atoms with Crippen molar-refractivity contribution < 1.29 is 14.4 Å². The van der Waals surface area contributed by atoms with Gasteiger partial charge in [0.15, 0.2) is 0 Å². The number of benzene rings is 2. The standard InChI is InChI=1S/C28H32N4O3S/c1-20(2)32(28(35)25-5-4-18-36-25)19-26(33)29-23-10-12-24(13-11-23)30-14-16-31(17-15-30)27(34)22-8-6-21(3)7-9-22/h4-13,18,20H,14-17,19H2,1-3H3,(H,29,33). The summed E-state index contributed by atoms with van der Waals surface area (Å²) in [6.07, 6.45) is 0. The van der Waals surface area contributed by atoms with E-state index in [1.807, 2.05) is 85.6 Å². The van der Waals surface area contributed by atoms with Gasteiger partial charge in [-0.15, -0.1) is 11.3 Å². The Morgan fingerprint density at radius 2 is 1.61 bits per heavy atom. The Morgan fingerprint density at radius 1 is 0.944 bits per heavy atom. The number of nitrogens with one attached hydrogen (secondary N) is 1. The molecule has 3 amide bonds. The fourth-order valence-electron chi connectivity index (χ4n) is 4.19. The first kappa shape index (κ1) is 25.4. The molecule has 8 heteroatoms. The molecule has 0 spiro atoms. The van der Waals surface area contributed by atoms with Gasteiger partial charge in [0.1, 0.15) is 6.54 Å². The van der Waals surface area contributed by atoms with Crippen molar-refractivity contribution in [3.8, 4) is 0 Å². The molecule has 7 nitrogen and oxygen atoms in total. The minimum atomic E-state index is -0.232. The van der Waals surface area contributed by atoms with Crippen LogP contribution in [0.3, 0.4) is 0 Å². The lowest BCUT2D eigenvalue weighted by atomic mass is 10.1. The van der Waals surface area contributed by atoms with E-state index in [0.29, 0.717) is 23.7 Å². The molecule has 0 bridgehead atoms. The maximum atomic E-state index is 12.8. The van der Waals surface area contributed by atoms with Gasteiger partial charge in [-0.3, -0.25) is 14.4 Å². The van der Waals surface area contributed by atoms with Gasteiger partial charge in [-0.1, -0.05) is 23.8 Å². The van der Waals surface area contributed by atoms with Crippen LogP contribution in [0, 0.1) is 6.92 Å². The molecule has 1 N–H and O–H groups in total. The molecular weight excluding hydrogens is 472 g/mol. The number of nitrogens with zero attached hydrogens (tertiary/aromatic N) is 3. The minimum absolute atomic E-state index is 0.00682. The molecule has 0 radical (unpaired) electrons. The third-order valence-corrected chi connectivity index (χ3v) is 7.17. The zero-order valence-electron chi connectivity index (χ0n) is 20.9. The number of piperazine rings is 1. The summed E-state index contributed by atoms with van der Waals surface area (Å²) < 4.78 is 0. The maximum absolute atomic E-state index is 12.8. The molecule has 188 valence electrons. The zero-order chi connectivity index (χ0) is 25.7. The quantitative estimate of drug-likeness (QED) is 0.514. The average molecular weight is 505 g/mol. The molecule has 1 aliphatic heterocycles.